The van der Waals surface area contributed by atoms with Crippen LogP contribution in [0, 0.1) is 18.3 Å². The van der Waals surface area contributed by atoms with Gasteiger partial charge in [-0.3, -0.25) is 9.36 Å². The van der Waals surface area contributed by atoms with Crippen LogP contribution in [-0.4, -0.2) is 15.8 Å². The predicted octanol–water partition coefficient (Wildman–Crippen LogP) is 3.14. The first-order valence-corrected chi connectivity index (χ1v) is 10.9. The fraction of sp³-hybridized carbons (Fsp3) is 0.182. The maximum atomic E-state index is 14.0. The molecule has 28 heavy (non-hydrogen) atoms. The molecule has 0 aliphatic heterocycles. The third kappa shape index (κ3) is 3.78. The second-order valence-corrected chi connectivity index (χ2v) is 9.58. The molecule has 0 unspecified atom stereocenters. The zero-order valence-corrected chi connectivity index (χ0v) is 16.5. The van der Waals surface area contributed by atoms with Crippen LogP contribution >= 0.6 is 7.14 Å². The van der Waals surface area contributed by atoms with Gasteiger partial charge in [0.2, 0.25) is 5.88 Å². The maximum absolute atomic E-state index is 14.0. The van der Waals surface area contributed by atoms with Crippen molar-refractivity contribution in [2.24, 2.45) is 0 Å². The third-order valence-corrected chi connectivity index (χ3v) is 8.00. The quantitative estimate of drug-likeness (QED) is 0.654. The molecule has 3 rings (SSSR count). The lowest BCUT2D eigenvalue weighted by Gasteiger charge is -2.20. The summed E-state index contributed by atoms with van der Waals surface area (Å²) < 4.78 is 15.1. The molecule has 2 aromatic carbocycles. The Balaban J connectivity index is 1.91. The van der Waals surface area contributed by atoms with Crippen molar-refractivity contribution in [1.82, 2.24) is 4.57 Å². The van der Waals surface area contributed by atoms with Crippen molar-refractivity contribution in [2.75, 3.05) is 6.16 Å². The highest BCUT2D eigenvalue weighted by atomic mass is 31.2. The van der Waals surface area contributed by atoms with Gasteiger partial charge >= 0.3 is 0 Å². The fourth-order valence-corrected chi connectivity index (χ4v) is 6.01. The van der Waals surface area contributed by atoms with Gasteiger partial charge in [-0.2, -0.15) is 5.26 Å². The van der Waals surface area contributed by atoms with E-state index in [4.69, 9.17) is 0 Å². The van der Waals surface area contributed by atoms with Crippen LogP contribution in [0.3, 0.4) is 0 Å². The number of hydrogen-bond acceptors (Lipinski definition) is 4. The molecule has 3 aromatic rings. The lowest BCUT2D eigenvalue weighted by atomic mass is 10.1. The molecule has 0 aliphatic carbocycles. The molecule has 0 saturated heterocycles. The number of rotatable bonds is 6. The Hall–Kier alpha value is -3.09. The predicted molar refractivity (Wildman–Crippen MR) is 111 cm³/mol. The molecule has 0 amide bonds. The summed E-state index contributed by atoms with van der Waals surface area (Å²) in [6, 6.07) is 21.9. The molecule has 0 atom stereocenters. The summed E-state index contributed by atoms with van der Waals surface area (Å²) in [4.78, 5) is 12.2. The molecule has 0 bridgehead atoms. The van der Waals surface area contributed by atoms with Gasteiger partial charge in [-0.05, 0) is 18.9 Å². The van der Waals surface area contributed by atoms with Gasteiger partial charge in [0.1, 0.15) is 18.8 Å². The molecule has 6 heteroatoms. The molecule has 0 spiro atoms. The van der Waals surface area contributed by atoms with Gasteiger partial charge in [0.15, 0.2) is 0 Å². The molecule has 142 valence electrons. The average molecular weight is 392 g/mol. The van der Waals surface area contributed by atoms with Gasteiger partial charge in [-0.1, -0.05) is 60.7 Å². The maximum Gasteiger partial charge on any atom is 0.253 e. The number of hydrogen-bond donors (Lipinski definition) is 1. The Labute approximate surface area is 163 Å². The van der Waals surface area contributed by atoms with Crippen LogP contribution in [0.1, 0.15) is 17.5 Å². The van der Waals surface area contributed by atoms with Crippen molar-refractivity contribution in [1.29, 1.82) is 5.26 Å². The summed E-state index contributed by atoms with van der Waals surface area (Å²) in [6.45, 7) is 1.80. The van der Waals surface area contributed by atoms with Crippen LogP contribution in [0.5, 0.6) is 5.88 Å². The number of benzene rings is 2. The molecular formula is C22H21N2O3P. The first-order valence-electron chi connectivity index (χ1n) is 9.01. The number of pyridine rings is 1. The van der Waals surface area contributed by atoms with Crippen LogP contribution in [-0.2, 0) is 11.1 Å². The Morgan fingerprint density at radius 3 is 2.07 bits per heavy atom. The zero-order valence-electron chi connectivity index (χ0n) is 15.6. The third-order valence-electron chi connectivity index (χ3n) is 4.79. The summed E-state index contributed by atoms with van der Waals surface area (Å²) in [7, 11) is -2.88. The van der Waals surface area contributed by atoms with E-state index in [1.54, 1.807) is 6.92 Å². The summed E-state index contributed by atoms with van der Waals surface area (Å²) in [5.74, 6) is -0.332. The van der Waals surface area contributed by atoms with Crippen LogP contribution in [0.4, 0.5) is 0 Å². The zero-order chi connectivity index (χ0) is 20.1. The van der Waals surface area contributed by atoms with E-state index >= 15 is 0 Å². The highest BCUT2D eigenvalue weighted by Crippen LogP contribution is 2.44. The van der Waals surface area contributed by atoms with E-state index in [1.807, 2.05) is 66.7 Å². The van der Waals surface area contributed by atoms with Crippen molar-refractivity contribution in [2.45, 2.75) is 19.9 Å². The number of aromatic nitrogens is 1. The van der Waals surface area contributed by atoms with Crippen molar-refractivity contribution in [3.63, 3.8) is 0 Å². The van der Waals surface area contributed by atoms with E-state index < -0.39 is 7.14 Å². The van der Waals surface area contributed by atoms with Gasteiger partial charge in [0.05, 0.1) is 0 Å². The minimum Gasteiger partial charge on any atom is -0.493 e. The Morgan fingerprint density at radius 2 is 1.57 bits per heavy atom. The first kappa shape index (κ1) is 19.7. The number of aryl methyl sites for hydroxylation is 1. The SMILES string of the molecule is Cc1cc(=O)n(CCCP(=O)(c2ccccc2)c2ccccc2)c(O)c1C#N. The topological polar surface area (TPSA) is 83.1 Å². The minimum absolute atomic E-state index is 0.0916. The minimum atomic E-state index is -2.88. The summed E-state index contributed by atoms with van der Waals surface area (Å²) in [6.07, 6.45) is 0.769. The van der Waals surface area contributed by atoms with E-state index in [0.717, 1.165) is 10.6 Å². The van der Waals surface area contributed by atoms with Crippen molar-refractivity contribution in [3.8, 4) is 11.9 Å². The Kier molecular flexibility index (Phi) is 5.82. The second kappa shape index (κ2) is 8.29. The van der Waals surface area contributed by atoms with Crippen LogP contribution in [0.2, 0.25) is 0 Å². The number of nitrogens with zero attached hydrogens (tertiary/aromatic N) is 2. The molecule has 1 heterocycles. The molecule has 0 saturated carbocycles. The summed E-state index contributed by atoms with van der Waals surface area (Å²) in [5.41, 5.74) is 0.164. The Bertz CT molecular complexity index is 1070. The van der Waals surface area contributed by atoms with Gasteiger partial charge in [-0.15, -0.1) is 0 Å². The highest BCUT2D eigenvalue weighted by Gasteiger charge is 2.26. The summed E-state index contributed by atoms with van der Waals surface area (Å²) >= 11 is 0. The van der Waals surface area contributed by atoms with Gasteiger partial charge in [-0.25, -0.2) is 0 Å². The van der Waals surface area contributed by atoms with E-state index in [-0.39, 0.29) is 23.5 Å². The molecule has 1 N–H and O–H groups in total. The van der Waals surface area contributed by atoms with E-state index in [0.29, 0.717) is 18.1 Å². The van der Waals surface area contributed by atoms with E-state index in [1.165, 1.54) is 10.6 Å². The monoisotopic (exact) mass is 392 g/mol. The van der Waals surface area contributed by atoms with Crippen molar-refractivity contribution >= 4 is 17.8 Å². The second-order valence-electron chi connectivity index (χ2n) is 6.62. The lowest BCUT2D eigenvalue weighted by molar-refractivity contribution is 0.402. The fourth-order valence-electron chi connectivity index (χ4n) is 3.30. The smallest absolute Gasteiger partial charge is 0.253 e. The largest absolute Gasteiger partial charge is 0.493 e. The average Bonchev–Trinajstić information content (AvgIpc) is 2.71. The molecule has 1 aromatic heterocycles. The molecule has 0 fully saturated rings. The summed E-state index contributed by atoms with van der Waals surface area (Å²) in [5, 5.41) is 21.0. The standard InChI is InChI=1S/C22H21N2O3P/c1-17-15-21(25)24(22(26)20(17)16-23)13-8-14-28(27,18-9-4-2-5-10-18)19-11-6-3-7-12-19/h2-7,9-12,15,26H,8,13-14H2,1H3. The van der Waals surface area contributed by atoms with E-state index in [9.17, 15) is 19.7 Å². The molecule has 5 nitrogen and oxygen atoms in total. The lowest BCUT2D eigenvalue weighted by Crippen LogP contribution is -2.23. The van der Waals surface area contributed by atoms with E-state index in [2.05, 4.69) is 0 Å². The van der Waals surface area contributed by atoms with Crippen LogP contribution in [0.15, 0.2) is 71.5 Å². The molecule has 0 radical (unpaired) electrons. The van der Waals surface area contributed by atoms with Gasteiger partial charge in [0, 0.05) is 29.4 Å². The normalized spacial score (nSPS) is 11.1. The number of nitriles is 1. The van der Waals surface area contributed by atoms with Crippen molar-refractivity contribution < 1.29 is 9.67 Å². The highest BCUT2D eigenvalue weighted by molar-refractivity contribution is 7.78. The molecule has 0 aliphatic rings. The van der Waals surface area contributed by atoms with Gasteiger partial charge in [0.25, 0.3) is 5.56 Å². The molecular weight excluding hydrogens is 371 g/mol. The Morgan fingerprint density at radius 1 is 1.04 bits per heavy atom. The number of aromatic hydroxyl groups is 1. The van der Waals surface area contributed by atoms with Crippen LogP contribution in [0.25, 0.3) is 0 Å². The van der Waals surface area contributed by atoms with Gasteiger partial charge < -0.3 is 9.67 Å². The van der Waals surface area contributed by atoms with Crippen molar-refractivity contribution in [3.05, 3.63) is 88.2 Å². The van der Waals surface area contributed by atoms with Crippen LogP contribution < -0.4 is 16.2 Å². The first-order chi connectivity index (χ1) is 13.5.